The fourth-order valence-electron chi connectivity index (χ4n) is 4.16. The number of hydrogen-bond acceptors (Lipinski definition) is 4. The Morgan fingerprint density at radius 2 is 1.96 bits per heavy atom. The summed E-state index contributed by atoms with van der Waals surface area (Å²) in [7, 11) is 0. The first kappa shape index (κ1) is 19.6. The van der Waals surface area contributed by atoms with Crippen LogP contribution in [-0.2, 0) is 9.62 Å². The second kappa shape index (κ2) is 7.69. The normalized spacial score (nSPS) is 38.5. The fourth-order valence-corrected chi connectivity index (χ4v) is 4.16. The average molecular weight is 338 g/mol. The molecule has 4 unspecified atom stereocenters. The van der Waals surface area contributed by atoms with Crippen molar-refractivity contribution < 1.29 is 20.0 Å². The van der Waals surface area contributed by atoms with E-state index in [0.29, 0.717) is 18.8 Å². The highest BCUT2D eigenvalue weighted by Gasteiger charge is 2.48. The maximum atomic E-state index is 10.7. The zero-order valence-electron chi connectivity index (χ0n) is 15.7. The predicted octanol–water partition coefficient (Wildman–Crippen LogP) is 4.64. The van der Waals surface area contributed by atoms with Gasteiger partial charge < -0.3 is 9.84 Å². The SMILES string of the molecule is C=C1CCC=C(C)CCC2CC(O)C(C)(CCC1OO)OC2(C)C. The monoisotopic (exact) mass is 338 g/mol. The first-order valence-electron chi connectivity index (χ1n) is 9.19. The number of allylic oxidation sites excluding steroid dienone is 2. The van der Waals surface area contributed by atoms with Crippen molar-refractivity contribution in [2.45, 2.75) is 96.1 Å². The van der Waals surface area contributed by atoms with E-state index in [1.807, 2.05) is 6.92 Å². The van der Waals surface area contributed by atoms with Crippen molar-refractivity contribution in [3.63, 3.8) is 0 Å². The van der Waals surface area contributed by atoms with Crippen LogP contribution >= 0.6 is 0 Å². The average Bonchev–Trinajstić information content (AvgIpc) is 2.49. The van der Waals surface area contributed by atoms with Crippen molar-refractivity contribution >= 4 is 0 Å². The van der Waals surface area contributed by atoms with Gasteiger partial charge in [-0.2, -0.15) is 0 Å². The first-order valence-corrected chi connectivity index (χ1v) is 9.19. The Balaban J connectivity index is 2.26. The Bertz CT molecular complexity index is 482. The smallest absolute Gasteiger partial charge is 0.114 e. The summed E-state index contributed by atoms with van der Waals surface area (Å²) >= 11 is 0. The molecule has 0 aromatic carbocycles. The number of ether oxygens (including phenoxy) is 1. The zero-order chi connectivity index (χ0) is 18.0. The van der Waals surface area contributed by atoms with Gasteiger partial charge in [0.2, 0.25) is 0 Å². The second-order valence-corrected chi connectivity index (χ2v) is 8.39. The van der Waals surface area contributed by atoms with E-state index in [2.05, 4.69) is 38.3 Å². The number of aliphatic hydroxyl groups excluding tert-OH is 1. The lowest BCUT2D eigenvalue weighted by Crippen LogP contribution is -2.57. The molecule has 1 aliphatic carbocycles. The molecule has 3 aliphatic rings. The molecule has 0 radical (unpaired) electrons. The number of hydrogen-bond donors (Lipinski definition) is 2. The Morgan fingerprint density at radius 3 is 2.62 bits per heavy atom. The van der Waals surface area contributed by atoms with E-state index in [4.69, 9.17) is 4.74 Å². The van der Waals surface area contributed by atoms with E-state index < -0.39 is 17.8 Å². The third-order valence-electron chi connectivity index (χ3n) is 6.02. The highest BCUT2D eigenvalue weighted by molar-refractivity contribution is 5.08. The van der Waals surface area contributed by atoms with E-state index in [1.54, 1.807) is 0 Å². The molecule has 4 nitrogen and oxygen atoms in total. The fraction of sp³-hybridized carbons (Fsp3) is 0.800. The molecule has 4 heteroatoms. The Labute approximate surface area is 146 Å². The third kappa shape index (κ3) is 4.48. The van der Waals surface area contributed by atoms with Gasteiger partial charge in [0.05, 0.1) is 17.3 Å². The molecule has 2 heterocycles. The van der Waals surface area contributed by atoms with Gasteiger partial charge in [0.15, 0.2) is 0 Å². The molecule has 2 N–H and O–H groups in total. The van der Waals surface area contributed by atoms with Crippen LogP contribution in [0.1, 0.15) is 72.6 Å². The van der Waals surface area contributed by atoms with E-state index >= 15 is 0 Å². The first-order chi connectivity index (χ1) is 11.2. The van der Waals surface area contributed by atoms with Crippen LogP contribution in [0.25, 0.3) is 0 Å². The van der Waals surface area contributed by atoms with Gasteiger partial charge in [0, 0.05) is 0 Å². The van der Waals surface area contributed by atoms with Gasteiger partial charge in [-0.05, 0) is 84.1 Å². The van der Waals surface area contributed by atoms with E-state index in [1.165, 1.54) is 5.57 Å². The molecule has 0 saturated carbocycles. The molecule has 0 spiro atoms. The van der Waals surface area contributed by atoms with Gasteiger partial charge in [-0.1, -0.05) is 18.2 Å². The van der Waals surface area contributed by atoms with Crippen molar-refractivity contribution in [3.8, 4) is 0 Å². The minimum absolute atomic E-state index is 0.273. The summed E-state index contributed by atoms with van der Waals surface area (Å²) in [6, 6.07) is 0. The van der Waals surface area contributed by atoms with Gasteiger partial charge >= 0.3 is 0 Å². The summed E-state index contributed by atoms with van der Waals surface area (Å²) in [4.78, 5) is 4.67. The van der Waals surface area contributed by atoms with Crippen LogP contribution in [0.4, 0.5) is 0 Å². The van der Waals surface area contributed by atoms with Crippen molar-refractivity contribution in [1.29, 1.82) is 0 Å². The zero-order valence-corrected chi connectivity index (χ0v) is 15.7. The molecule has 2 aliphatic heterocycles. The highest BCUT2D eigenvalue weighted by atomic mass is 17.1. The van der Waals surface area contributed by atoms with Crippen molar-refractivity contribution in [2.24, 2.45) is 5.92 Å². The van der Waals surface area contributed by atoms with E-state index in [-0.39, 0.29) is 5.60 Å². The lowest BCUT2D eigenvalue weighted by atomic mass is 9.73. The summed E-state index contributed by atoms with van der Waals surface area (Å²) in [6.45, 7) is 12.5. The van der Waals surface area contributed by atoms with Crippen LogP contribution < -0.4 is 0 Å². The van der Waals surface area contributed by atoms with Crippen molar-refractivity contribution in [1.82, 2.24) is 0 Å². The van der Waals surface area contributed by atoms with Gasteiger partial charge in [0.25, 0.3) is 0 Å². The molecule has 3 rings (SSSR count). The molecular weight excluding hydrogens is 304 g/mol. The molecule has 0 amide bonds. The van der Waals surface area contributed by atoms with Gasteiger partial charge in [0.1, 0.15) is 6.10 Å². The quantitative estimate of drug-likeness (QED) is 0.415. The van der Waals surface area contributed by atoms with Crippen LogP contribution in [0.2, 0.25) is 0 Å². The van der Waals surface area contributed by atoms with Crippen LogP contribution in [0.15, 0.2) is 23.8 Å². The number of rotatable bonds is 1. The van der Waals surface area contributed by atoms with Gasteiger partial charge in [-0.3, -0.25) is 5.26 Å². The third-order valence-corrected chi connectivity index (χ3v) is 6.02. The van der Waals surface area contributed by atoms with Gasteiger partial charge in [-0.15, -0.1) is 0 Å². The summed E-state index contributed by atoms with van der Waals surface area (Å²) in [5.74, 6) is 0.340. The molecule has 2 bridgehead atoms. The minimum atomic E-state index is -0.619. The largest absolute Gasteiger partial charge is 0.390 e. The number of aliphatic hydroxyl groups is 1. The molecule has 0 aromatic rings. The Hall–Kier alpha value is -0.680. The molecule has 1 fully saturated rings. The number of fused-ring (bicyclic) bond motifs is 10. The predicted molar refractivity (Wildman–Crippen MR) is 95.8 cm³/mol. The highest BCUT2D eigenvalue weighted by Crippen LogP contribution is 2.44. The molecule has 138 valence electrons. The molecule has 1 saturated heterocycles. The lowest BCUT2D eigenvalue weighted by molar-refractivity contribution is -0.279. The van der Waals surface area contributed by atoms with Crippen LogP contribution in [0, 0.1) is 5.92 Å². The van der Waals surface area contributed by atoms with Crippen molar-refractivity contribution in [2.75, 3.05) is 0 Å². The Kier molecular flexibility index (Phi) is 6.29. The molecule has 4 atom stereocenters. The Morgan fingerprint density at radius 1 is 1.25 bits per heavy atom. The van der Waals surface area contributed by atoms with Crippen LogP contribution in [0.3, 0.4) is 0 Å². The van der Waals surface area contributed by atoms with Gasteiger partial charge in [-0.25, -0.2) is 4.89 Å². The summed E-state index contributed by atoms with van der Waals surface area (Å²) in [5.41, 5.74) is 1.36. The second-order valence-electron chi connectivity index (χ2n) is 8.39. The molecular formula is C20H34O4. The minimum Gasteiger partial charge on any atom is -0.390 e. The summed E-state index contributed by atoms with van der Waals surface area (Å²) < 4.78 is 6.41. The standard InChI is InChI=1S/C20H34O4/c1-14-7-6-8-15(2)17(23-22)11-12-20(5)18(21)13-16(10-9-14)19(3,4)24-20/h7,16-18,21-22H,2,6,8-13H2,1,3-5H3. The lowest BCUT2D eigenvalue weighted by Gasteiger charge is -2.51. The maximum Gasteiger partial charge on any atom is 0.114 e. The van der Waals surface area contributed by atoms with Crippen LogP contribution in [0.5, 0.6) is 0 Å². The summed E-state index contributed by atoms with van der Waals surface area (Å²) in [5, 5.41) is 20.0. The maximum absolute atomic E-state index is 10.7. The molecule has 24 heavy (non-hydrogen) atoms. The van der Waals surface area contributed by atoms with Crippen LogP contribution in [-0.4, -0.2) is 33.8 Å². The van der Waals surface area contributed by atoms with E-state index in [0.717, 1.165) is 37.7 Å². The van der Waals surface area contributed by atoms with E-state index in [9.17, 15) is 10.4 Å². The summed E-state index contributed by atoms with van der Waals surface area (Å²) in [6.07, 6.45) is 7.09. The topological polar surface area (TPSA) is 58.9 Å². The molecule has 0 aromatic heterocycles. The van der Waals surface area contributed by atoms with Crippen molar-refractivity contribution in [3.05, 3.63) is 23.8 Å².